The van der Waals surface area contributed by atoms with Crippen LogP contribution in [0.5, 0.6) is 0 Å². The fraction of sp³-hybridized carbons (Fsp3) is 0.917. The Labute approximate surface area is 120 Å². The van der Waals surface area contributed by atoms with Crippen LogP contribution in [0.1, 0.15) is 20.3 Å². The Hall–Kier alpha value is -1.43. The Morgan fingerprint density at radius 2 is 2.00 bits per heavy atom. The lowest BCUT2D eigenvalue weighted by Crippen LogP contribution is -2.79. The molecular weight excluding hydrogens is 260 g/mol. The summed E-state index contributed by atoms with van der Waals surface area (Å²) in [6, 6.07) is 0. The normalized spacial score (nSPS) is 30.0. The second-order valence-electron chi connectivity index (χ2n) is 5.07. The van der Waals surface area contributed by atoms with Gasteiger partial charge in [-0.15, -0.1) is 0 Å². The Morgan fingerprint density at radius 1 is 1.45 bits per heavy atom. The van der Waals surface area contributed by atoms with Gasteiger partial charge in [-0.1, -0.05) is 13.8 Å². The van der Waals surface area contributed by atoms with E-state index in [1.807, 2.05) is 24.9 Å². The van der Waals surface area contributed by atoms with Crippen LogP contribution in [-0.2, 0) is 0 Å². The van der Waals surface area contributed by atoms with Crippen molar-refractivity contribution in [2.75, 3.05) is 40.8 Å². The van der Waals surface area contributed by atoms with E-state index < -0.39 is 11.4 Å². The maximum atomic E-state index is 12.0. The van der Waals surface area contributed by atoms with E-state index in [0.29, 0.717) is 26.1 Å². The molecular formula is C12H24N6O2. The molecule has 8 nitrogen and oxygen atoms in total. The molecule has 1 N–H and O–H groups in total. The maximum Gasteiger partial charge on any atom is 0.397 e. The highest BCUT2D eigenvalue weighted by Gasteiger charge is 2.73. The molecule has 2 unspecified atom stereocenters. The molecule has 1 saturated heterocycles. The molecule has 0 aliphatic carbocycles. The SMILES string of the molecule is CCN(CC)C1([N+](=O)[O-])N(C#N)CCC1(NC)N(C)C. The Kier molecular flexibility index (Phi) is 4.91. The van der Waals surface area contributed by atoms with Crippen molar-refractivity contribution in [3.63, 3.8) is 0 Å². The largest absolute Gasteiger partial charge is 0.397 e. The van der Waals surface area contributed by atoms with Crippen LogP contribution in [0.25, 0.3) is 0 Å². The molecule has 1 aliphatic rings. The van der Waals surface area contributed by atoms with Gasteiger partial charge < -0.3 is 0 Å². The van der Waals surface area contributed by atoms with Crippen LogP contribution in [0.3, 0.4) is 0 Å². The van der Waals surface area contributed by atoms with Gasteiger partial charge in [0.1, 0.15) is 0 Å². The number of likely N-dealkylation sites (N-methyl/N-ethyl adjacent to an activating group) is 3. The number of likely N-dealkylation sites (tertiary alicyclic amines) is 1. The quantitative estimate of drug-likeness (QED) is 0.316. The van der Waals surface area contributed by atoms with Gasteiger partial charge >= 0.3 is 5.79 Å². The Bertz CT molecular complexity index is 405. The van der Waals surface area contributed by atoms with Crippen molar-refractivity contribution in [2.45, 2.75) is 31.7 Å². The van der Waals surface area contributed by atoms with Crippen molar-refractivity contribution in [2.24, 2.45) is 0 Å². The van der Waals surface area contributed by atoms with Gasteiger partial charge in [0.15, 0.2) is 11.9 Å². The number of nitrogens with zero attached hydrogens (tertiary/aromatic N) is 5. The first kappa shape index (κ1) is 16.6. The lowest BCUT2D eigenvalue weighted by atomic mass is 9.97. The Morgan fingerprint density at radius 3 is 2.30 bits per heavy atom. The lowest BCUT2D eigenvalue weighted by Gasteiger charge is -2.48. The van der Waals surface area contributed by atoms with E-state index in [9.17, 15) is 15.4 Å². The van der Waals surface area contributed by atoms with E-state index in [4.69, 9.17) is 0 Å². The van der Waals surface area contributed by atoms with Gasteiger partial charge in [-0.05, 0) is 21.1 Å². The molecule has 0 bridgehead atoms. The molecule has 2 atom stereocenters. The highest BCUT2D eigenvalue weighted by Crippen LogP contribution is 2.42. The van der Waals surface area contributed by atoms with Crippen molar-refractivity contribution >= 4 is 0 Å². The minimum absolute atomic E-state index is 0.327. The highest BCUT2D eigenvalue weighted by molar-refractivity contribution is 5.11. The smallest absolute Gasteiger partial charge is 0.293 e. The molecule has 0 amide bonds. The molecule has 20 heavy (non-hydrogen) atoms. The molecule has 0 spiro atoms. The van der Waals surface area contributed by atoms with Crippen LogP contribution >= 0.6 is 0 Å². The van der Waals surface area contributed by atoms with E-state index >= 15 is 0 Å². The van der Waals surface area contributed by atoms with Gasteiger partial charge in [0.05, 0.1) is 4.92 Å². The maximum absolute atomic E-state index is 12.0. The van der Waals surface area contributed by atoms with Crippen LogP contribution < -0.4 is 5.32 Å². The first-order chi connectivity index (χ1) is 9.38. The molecule has 1 rings (SSSR count). The summed E-state index contributed by atoms with van der Waals surface area (Å²) in [6.45, 7) is 5.09. The molecule has 1 fully saturated rings. The molecule has 0 aromatic carbocycles. The summed E-state index contributed by atoms with van der Waals surface area (Å²) in [5.41, 5.74) is -0.918. The van der Waals surface area contributed by atoms with Crippen molar-refractivity contribution in [3.8, 4) is 6.19 Å². The van der Waals surface area contributed by atoms with Crippen molar-refractivity contribution < 1.29 is 4.92 Å². The summed E-state index contributed by atoms with van der Waals surface area (Å²) >= 11 is 0. The van der Waals surface area contributed by atoms with E-state index in [2.05, 4.69) is 5.32 Å². The van der Waals surface area contributed by atoms with Crippen LogP contribution in [0.15, 0.2) is 0 Å². The zero-order valence-corrected chi connectivity index (χ0v) is 12.9. The van der Waals surface area contributed by atoms with Gasteiger partial charge in [0.25, 0.3) is 0 Å². The highest BCUT2D eigenvalue weighted by atomic mass is 16.6. The van der Waals surface area contributed by atoms with Crippen LogP contribution in [0.4, 0.5) is 0 Å². The summed E-state index contributed by atoms with van der Waals surface area (Å²) in [6.07, 6.45) is 2.51. The van der Waals surface area contributed by atoms with Crippen LogP contribution in [0, 0.1) is 21.6 Å². The fourth-order valence-electron chi connectivity index (χ4n) is 3.44. The number of nitriles is 1. The van der Waals surface area contributed by atoms with Gasteiger partial charge in [0, 0.05) is 26.1 Å². The van der Waals surface area contributed by atoms with Crippen molar-refractivity contribution in [1.29, 1.82) is 5.26 Å². The molecule has 0 radical (unpaired) electrons. The number of rotatable bonds is 6. The summed E-state index contributed by atoms with van der Waals surface area (Å²) in [5.74, 6) is -1.59. The van der Waals surface area contributed by atoms with E-state index in [0.717, 1.165) is 0 Å². The van der Waals surface area contributed by atoms with Crippen molar-refractivity contribution in [1.82, 2.24) is 20.0 Å². The standard InChI is InChI=1S/C12H24N6O2/c1-6-16(7-2)12(18(19)20)11(14-3,15(4)5)8-9-17(12)10-13/h14H,6-9H2,1-5H3. The van der Waals surface area contributed by atoms with Gasteiger partial charge in [-0.25, -0.2) is 9.80 Å². The van der Waals surface area contributed by atoms with E-state index in [1.54, 1.807) is 26.0 Å². The number of nitro groups is 1. The first-order valence-corrected chi connectivity index (χ1v) is 6.82. The predicted octanol–water partition coefficient (Wildman–Crippen LogP) is -0.0772. The molecule has 1 aliphatic heterocycles. The molecule has 1 heterocycles. The predicted molar refractivity (Wildman–Crippen MR) is 75.1 cm³/mol. The van der Waals surface area contributed by atoms with Crippen molar-refractivity contribution in [3.05, 3.63) is 10.1 Å². The molecule has 0 saturated carbocycles. The number of hydrogen-bond acceptors (Lipinski definition) is 7. The second-order valence-corrected chi connectivity index (χ2v) is 5.07. The topological polar surface area (TPSA) is 88.7 Å². The lowest BCUT2D eigenvalue weighted by molar-refractivity contribution is -0.643. The van der Waals surface area contributed by atoms with E-state index in [1.165, 1.54) is 4.90 Å². The average Bonchev–Trinajstić information content (AvgIpc) is 2.76. The average molecular weight is 284 g/mol. The summed E-state index contributed by atoms with van der Waals surface area (Å²) in [5, 5.41) is 24.5. The van der Waals surface area contributed by atoms with E-state index in [-0.39, 0.29) is 4.92 Å². The molecule has 114 valence electrons. The third-order valence-corrected chi connectivity index (χ3v) is 4.39. The number of hydrogen-bond donors (Lipinski definition) is 1. The summed E-state index contributed by atoms with van der Waals surface area (Å²) in [4.78, 5) is 16.5. The van der Waals surface area contributed by atoms with Gasteiger partial charge in [-0.2, -0.15) is 5.26 Å². The fourth-order valence-corrected chi connectivity index (χ4v) is 3.44. The molecule has 8 heteroatoms. The zero-order valence-electron chi connectivity index (χ0n) is 12.9. The van der Waals surface area contributed by atoms with Crippen LogP contribution in [0.2, 0.25) is 0 Å². The minimum Gasteiger partial charge on any atom is -0.293 e. The van der Waals surface area contributed by atoms with Crippen LogP contribution in [-0.4, -0.2) is 71.8 Å². The van der Waals surface area contributed by atoms with Gasteiger partial charge in [-0.3, -0.25) is 20.3 Å². The summed E-state index contributed by atoms with van der Waals surface area (Å²) < 4.78 is 0. The second kappa shape index (κ2) is 5.91. The molecule has 0 aromatic heterocycles. The first-order valence-electron chi connectivity index (χ1n) is 6.82. The zero-order chi connectivity index (χ0) is 15.6. The summed E-state index contributed by atoms with van der Waals surface area (Å²) in [7, 11) is 5.32. The number of nitrogens with one attached hydrogen (secondary N) is 1. The van der Waals surface area contributed by atoms with Gasteiger partial charge in [0.2, 0.25) is 0 Å². The molecule has 0 aromatic rings. The third-order valence-electron chi connectivity index (χ3n) is 4.39. The monoisotopic (exact) mass is 284 g/mol. The minimum atomic E-state index is -1.59. The Balaban J connectivity index is 3.60. The third kappa shape index (κ3) is 1.85.